The number of ether oxygens (including phenoxy) is 2. The summed E-state index contributed by atoms with van der Waals surface area (Å²) in [7, 11) is 3.24. The van der Waals surface area contributed by atoms with Crippen LogP contribution >= 0.6 is 0 Å². The van der Waals surface area contributed by atoms with Crippen LogP contribution in [0.4, 0.5) is 0 Å². The van der Waals surface area contributed by atoms with Crippen molar-refractivity contribution in [3.05, 3.63) is 53.4 Å². The normalized spacial score (nSPS) is 10.7. The van der Waals surface area contributed by atoms with Crippen molar-refractivity contribution < 1.29 is 18.7 Å². The fourth-order valence-corrected chi connectivity index (χ4v) is 2.67. The number of aromatic nitrogens is 1. The molecule has 1 aromatic heterocycles. The molecule has 25 heavy (non-hydrogen) atoms. The molecule has 3 aromatic rings. The minimum atomic E-state index is -0.155. The van der Waals surface area contributed by atoms with Gasteiger partial charge in [0.2, 0.25) is 0 Å². The number of rotatable bonds is 6. The highest BCUT2D eigenvalue weighted by Crippen LogP contribution is 2.24. The summed E-state index contributed by atoms with van der Waals surface area (Å²) in [4.78, 5) is 16.6. The van der Waals surface area contributed by atoms with Crippen molar-refractivity contribution in [3.63, 3.8) is 0 Å². The van der Waals surface area contributed by atoms with Crippen molar-refractivity contribution in [2.75, 3.05) is 20.8 Å². The second-order valence-electron chi connectivity index (χ2n) is 5.60. The van der Waals surface area contributed by atoms with Crippen LogP contribution in [0.1, 0.15) is 21.8 Å². The molecular formula is C19H20N2O4. The molecule has 6 nitrogen and oxygen atoms in total. The molecule has 0 saturated carbocycles. The van der Waals surface area contributed by atoms with Crippen molar-refractivity contribution in [1.82, 2.24) is 10.3 Å². The molecule has 0 spiro atoms. The topological polar surface area (TPSA) is 73.6 Å². The molecule has 1 heterocycles. The Morgan fingerprint density at radius 1 is 1.16 bits per heavy atom. The monoisotopic (exact) mass is 340 g/mol. The van der Waals surface area contributed by atoms with Gasteiger partial charge < -0.3 is 19.2 Å². The molecule has 1 amide bonds. The molecule has 1 N–H and O–H groups in total. The van der Waals surface area contributed by atoms with E-state index in [9.17, 15) is 4.79 Å². The number of hydrogen-bond acceptors (Lipinski definition) is 5. The predicted molar refractivity (Wildman–Crippen MR) is 94.3 cm³/mol. The maximum absolute atomic E-state index is 12.3. The van der Waals surface area contributed by atoms with Gasteiger partial charge in [-0.15, -0.1) is 0 Å². The molecule has 0 aliphatic carbocycles. The highest BCUT2D eigenvalue weighted by Gasteiger charge is 2.10. The smallest absolute Gasteiger partial charge is 0.251 e. The number of oxazole rings is 1. The quantitative estimate of drug-likeness (QED) is 0.746. The molecule has 3 rings (SSSR count). The summed E-state index contributed by atoms with van der Waals surface area (Å²) in [6.07, 6.45) is 0.635. The largest absolute Gasteiger partial charge is 0.497 e. The number of carbonyl (C=O) groups excluding carboxylic acids is 1. The first kappa shape index (κ1) is 16.8. The Bertz CT molecular complexity index is 902. The SMILES string of the molecule is COc1ccc(OC)c(CCNC(=O)c2ccc3nc(C)oc3c2)c1. The Labute approximate surface area is 145 Å². The first-order chi connectivity index (χ1) is 12.1. The van der Waals surface area contributed by atoms with Gasteiger partial charge in [-0.05, 0) is 48.4 Å². The highest BCUT2D eigenvalue weighted by molar-refractivity contribution is 5.97. The maximum Gasteiger partial charge on any atom is 0.251 e. The average Bonchev–Trinajstić information content (AvgIpc) is 3.00. The van der Waals surface area contributed by atoms with E-state index in [0.29, 0.717) is 30.0 Å². The van der Waals surface area contributed by atoms with E-state index in [1.807, 2.05) is 18.2 Å². The van der Waals surface area contributed by atoms with Crippen LogP contribution in [0.3, 0.4) is 0 Å². The zero-order chi connectivity index (χ0) is 17.8. The molecule has 6 heteroatoms. The van der Waals surface area contributed by atoms with E-state index >= 15 is 0 Å². The Kier molecular flexibility index (Phi) is 4.88. The number of methoxy groups -OCH3 is 2. The first-order valence-electron chi connectivity index (χ1n) is 7.97. The van der Waals surface area contributed by atoms with Crippen molar-refractivity contribution in [1.29, 1.82) is 0 Å². The first-order valence-corrected chi connectivity index (χ1v) is 7.97. The molecule has 0 saturated heterocycles. The van der Waals surface area contributed by atoms with Gasteiger partial charge in [0.1, 0.15) is 17.0 Å². The number of aryl methyl sites for hydroxylation is 1. The van der Waals surface area contributed by atoms with E-state index in [2.05, 4.69) is 10.3 Å². The van der Waals surface area contributed by atoms with Gasteiger partial charge in [0.25, 0.3) is 5.91 Å². The second kappa shape index (κ2) is 7.25. The number of nitrogens with one attached hydrogen (secondary N) is 1. The van der Waals surface area contributed by atoms with E-state index in [0.717, 1.165) is 22.6 Å². The third-order valence-corrected chi connectivity index (χ3v) is 3.93. The second-order valence-corrected chi connectivity index (χ2v) is 5.60. The van der Waals surface area contributed by atoms with Crippen molar-refractivity contribution >= 4 is 17.0 Å². The Morgan fingerprint density at radius 2 is 2.00 bits per heavy atom. The fraction of sp³-hybridized carbons (Fsp3) is 0.263. The van der Waals surface area contributed by atoms with Crippen LogP contribution in [0.2, 0.25) is 0 Å². The minimum absolute atomic E-state index is 0.155. The Morgan fingerprint density at radius 3 is 2.76 bits per heavy atom. The van der Waals surface area contributed by atoms with Crippen LogP contribution < -0.4 is 14.8 Å². The van der Waals surface area contributed by atoms with Crippen LogP contribution in [-0.2, 0) is 6.42 Å². The van der Waals surface area contributed by atoms with Gasteiger partial charge in [-0.3, -0.25) is 4.79 Å². The summed E-state index contributed by atoms with van der Waals surface area (Å²) in [5.41, 5.74) is 2.87. The number of fused-ring (bicyclic) bond motifs is 1. The van der Waals surface area contributed by atoms with Gasteiger partial charge in [0, 0.05) is 19.0 Å². The lowest BCUT2D eigenvalue weighted by Gasteiger charge is -2.11. The van der Waals surface area contributed by atoms with Crippen LogP contribution in [-0.4, -0.2) is 31.7 Å². The van der Waals surface area contributed by atoms with Gasteiger partial charge in [-0.1, -0.05) is 0 Å². The van der Waals surface area contributed by atoms with Gasteiger partial charge in [-0.2, -0.15) is 0 Å². The molecule has 0 bridgehead atoms. The zero-order valence-electron chi connectivity index (χ0n) is 14.5. The van der Waals surface area contributed by atoms with E-state index in [1.54, 1.807) is 39.3 Å². The summed E-state index contributed by atoms with van der Waals surface area (Å²) in [5.74, 6) is 1.96. The molecule has 0 fully saturated rings. The summed E-state index contributed by atoms with van der Waals surface area (Å²) < 4.78 is 16.1. The average molecular weight is 340 g/mol. The van der Waals surface area contributed by atoms with Gasteiger partial charge in [-0.25, -0.2) is 4.98 Å². The van der Waals surface area contributed by atoms with E-state index in [-0.39, 0.29) is 5.91 Å². The number of nitrogens with zero attached hydrogens (tertiary/aromatic N) is 1. The predicted octanol–water partition coefficient (Wildman–Crippen LogP) is 3.13. The third-order valence-electron chi connectivity index (χ3n) is 3.93. The van der Waals surface area contributed by atoms with Crippen LogP contribution in [0.25, 0.3) is 11.1 Å². The highest BCUT2D eigenvalue weighted by atomic mass is 16.5. The molecule has 0 radical (unpaired) electrons. The summed E-state index contributed by atoms with van der Waals surface area (Å²) in [6.45, 7) is 2.26. The van der Waals surface area contributed by atoms with Crippen molar-refractivity contribution in [2.24, 2.45) is 0 Å². The van der Waals surface area contributed by atoms with Crippen LogP contribution in [0.15, 0.2) is 40.8 Å². The standard InChI is InChI=1S/C19H20N2O4/c1-12-21-16-6-4-14(11-18(16)25-12)19(22)20-9-8-13-10-15(23-2)5-7-17(13)24-3/h4-7,10-11H,8-9H2,1-3H3,(H,20,22). The number of hydrogen-bond donors (Lipinski definition) is 1. The minimum Gasteiger partial charge on any atom is -0.497 e. The van der Waals surface area contributed by atoms with E-state index < -0.39 is 0 Å². The number of carbonyl (C=O) groups is 1. The van der Waals surface area contributed by atoms with Gasteiger partial charge >= 0.3 is 0 Å². The summed E-state index contributed by atoms with van der Waals surface area (Å²) in [5, 5.41) is 2.91. The lowest BCUT2D eigenvalue weighted by Crippen LogP contribution is -2.25. The Hall–Kier alpha value is -3.02. The van der Waals surface area contributed by atoms with Crippen LogP contribution in [0, 0.1) is 6.92 Å². The van der Waals surface area contributed by atoms with E-state index in [4.69, 9.17) is 13.9 Å². The van der Waals surface area contributed by atoms with Gasteiger partial charge in [0.15, 0.2) is 11.5 Å². The van der Waals surface area contributed by atoms with Crippen LogP contribution in [0.5, 0.6) is 11.5 Å². The summed E-state index contributed by atoms with van der Waals surface area (Å²) in [6, 6.07) is 10.8. The third kappa shape index (κ3) is 3.74. The molecular weight excluding hydrogens is 320 g/mol. The fourth-order valence-electron chi connectivity index (χ4n) is 2.67. The maximum atomic E-state index is 12.3. The number of amides is 1. The number of benzene rings is 2. The molecule has 0 unspecified atom stereocenters. The Balaban J connectivity index is 1.65. The molecule has 130 valence electrons. The lowest BCUT2D eigenvalue weighted by atomic mass is 10.1. The molecule has 0 aliphatic rings. The molecule has 0 aliphatic heterocycles. The van der Waals surface area contributed by atoms with Crippen molar-refractivity contribution in [2.45, 2.75) is 13.3 Å². The molecule has 2 aromatic carbocycles. The summed E-state index contributed by atoms with van der Waals surface area (Å²) >= 11 is 0. The lowest BCUT2D eigenvalue weighted by molar-refractivity contribution is 0.0954. The molecule has 0 atom stereocenters. The van der Waals surface area contributed by atoms with Gasteiger partial charge in [0.05, 0.1) is 14.2 Å². The zero-order valence-corrected chi connectivity index (χ0v) is 14.5. The van der Waals surface area contributed by atoms with E-state index in [1.165, 1.54) is 0 Å². The van der Waals surface area contributed by atoms with Crippen molar-refractivity contribution in [3.8, 4) is 11.5 Å².